The highest BCUT2D eigenvalue weighted by Crippen LogP contribution is 2.38. The molecule has 7 nitrogen and oxygen atoms in total. The molecule has 0 N–H and O–H groups in total. The zero-order chi connectivity index (χ0) is 29.7. The first kappa shape index (κ1) is 28.9. The van der Waals surface area contributed by atoms with Crippen molar-refractivity contribution in [2.24, 2.45) is 5.10 Å². The molecule has 4 aromatic rings. The van der Waals surface area contributed by atoms with Gasteiger partial charge in [0.05, 0.1) is 17.9 Å². The highest BCUT2D eigenvalue weighted by molar-refractivity contribution is 7.87. The minimum atomic E-state index is -4.21. The largest absolute Gasteiger partial charge is 0.490 e. The molecule has 0 aromatic heterocycles. The molecule has 0 atom stereocenters. The summed E-state index contributed by atoms with van der Waals surface area (Å²) in [5, 5.41) is 6.46. The lowest BCUT2D eigenvalue weighted by molar-refractivity contribution is -0.114. The number of hydrogen-bond donors (Lipinski definition) is 0. The van der Waals surface area contributed by atoms with Crippen LogP contribution in [0.1, 0.15) is 23.6 Å². The lowest BCUT2D eigenvalue weighted by Gasteiger charge is -2.17. The first-order valence-electron chi connectivity index (χ1n) is 13.2. The topological polar surface area (TPSA) is 85.3 Å². The Labute approximate surface area is 250 Å². The van der Waals surface area contributed by atoms with Crippen molar-refractivity contribution in [3.63, 3.8) is 0 Å². The first-order valence-corrected chi connectivity index (χ1v) is 15.0. The maximum atomic E-state index is 13.7. The molecule has 42 heavy (non-hydrogen) atoms. The number of rotatable bonds is 10. The summed E-state index contributed by atoms with van der Waals surface area (Å²) in [5.74, 6) is -0.0341. The Hall–Kier alpha value is -4.66. The van der Waals surface area contributed by atoms with Gasteiger partial charge in [0.2, 0.25) is 0 Å². The molecule has 0 radical (unpaired) electrons. The number of nitrogens with zero attached hydrogens (tertiary/aromatic N) is 2. The number of ether oxygens (including phenoxy) is 1. The fourth-order valence-electron chi connectivity index (χ4n) is 4.46. The van der Waals surface area contributed by atoms with Crippen LogP contribution in [0.4, 0.5) is 5.69 Å². The van der Waals surface area contributed by atoms with E-state index in [0.29, 0.717) is 33.1 Å². The third-order valence-electron chi connectivity index (χ3n) is 6.35. The fourth-order valence-corrected chi connectivity index (χ4v) is 5.56. The SMILES string of the molecule is C=CCc1cc(/C=C2\C(=O)N(c3ccccc3)N=C2c2ccccc2)cc(OCC)c1OS(=O)(=O)c1ccc(Cl)cc1. The highest BCUT2D eigenvalue weighted by atomic mass is 35.5. The lowest BCUT2D eigenvalue weighted by atomic mass is 9.98. The van der Waals surface area contributed by atoms with Crippen LogP contribution < -0.4 is 13.9 Å². The molecule has 1 aliphatic heterocycles. The quantitative estimate of drug-likeness (QED) is 0.111. The number of benzene rings is 4. The monoisotopic (exact) mass is 598 g/mol. The molecule has 0 saturated carbocycles. The summed E-state index contributed by atoms with van der Waals surface area (Å²) in [7, 11) is -4.21. The van der Waals surface area contributed by atoms with Crippen molar-refractivity contribution in [2.75, 3.05) is 11.6 Å². The smallest absolute Gasteiger partial charge is 0.339 e. The van der Waals surface area contributed by atoms with Crippen molar-refractivity contribution >= 4 is 45.1 Å². The number of hydrazone groups is 1. The van der Waals surface area contributed by atoms with Crippen LogP contribution in [0.3, 0.4) is 0 Å². The van der Waals surface area contributed by atoms with Crippen molar-refractivity contribution in [1.82, 2.24) is 0 Å². The van der Waals surface area contributed by atoms with Gasteiger partial charge < -0.3 is 8.92 Å². The average molecular weight is 599 g/mol. The normalized spacial score (nSPS) is 14.1. The second kappa shape index (κ2) is 12.5. The van der Waals surface area contributed by atoms with Gasteiger partial charge in [-0.3, -0.25) is 4.79 Å². The van der Waals surface area contributed by atoms with Gasteiger partial charge >= 0.3 is 10.1 Å². The number of hydrogen-bond acceptors (Lipinski definition) is 6. The maximum Gasteiger partial charge on any atom is 0.339 e. The van der Waals surface area contributed by atoms with Crippen LogP contribution in [-0.2, 0) is 21.3 Å². The summed E-state index contributed by atoms with van der Waals surface area (Å²) >= 11 is 5.94. The Morgan fingerprint density at radius 3 is 2.26 bits per heavy atom. The summed E-state index contributed by atoms with van der Waals surface area (Å²) < 4.78 is 37.9. The van der Waals surface area contributed by atoms with E-state index in [4.69, 9.17) is 20.5 Å². The van der Waals surface area contributed by atoms with Gasteiger partial charge in [-0.05, 0) is 73.5 Å². The van der Waals surface area contributed by atoms with Crippen molar-refractivity contribution < 1.29 is 22.1 Å². The number of para-hydroxylation sites is 1. The molecule has 0 aliphatic carbocycles. The van der Waals surface area contributed by atoms with Gasteiger partial charge in [-0.2, -0.15) is 18.5 Å². The van der Waals surface area contributed by atoms with Crippen LogP contribution in [0.15, 0.2) is 125 Å². The zero-order valence-electron chi connectivity index (χ0n) is 22.7. The minimum absolute atomic E-state index is 0.0497. The molecule has 0 fully saturated rings. The average Bonchev–Trinajstić information content (AvgIpc) is 3.31. The predicted molar refractivity (Wildman–Crippen MR) is 166 cm³/mol. The van der Waals surface area contributed by atoms with Crippen LogP contribution in [0.2, 0.25) is 5.02 Å². The Bertz CT molecular complexity index is 1790. The molecule has 212 valence electrons. The van der Waals surface area contributed by atoms with E-state index in [1.165, 1.54) is 29.3 Å². The van der Waals surface area contributed by atoms with E-state index in [2.05, 4.69) is 11.7 Å². The van der Waals surface area contributed by atoms with Gasteiger partial charge in [-0.1, -0.05) is 66.2 Å². The van der Waals surface area contributed by atoms with Crippen molar-refractivity contribution in [2.45, 2.75) is 18.2 Å². The van der Waals surface area contributed by atoms with Gasteiger partial charge in [0, 0.05) is 16.1 Å². The van der Waals surface area contributed by atoms with Gasteiger partial charge in [-0.15, -0.1) is 6.58 Å². The van der Waals surface area contributed by atoms with Gasteiger partial charge in [0.15, 0.2) is 11.5 Å². The van der Waals surface area contributed by atoms with E-state index < -0.39 is 10.1 Å². The van der Waals surface area contributed by atoms with E-state index in [9.17, 15) is 13.2 Å². The number of amides is 1. The second-order valence-electron chi connectivity index (χ2n) is 9.25. The minimum Gasteiger partial charge on any atom is -0.490 e. The van der Waals surface area contributed by atoms with E-state index in [1.54, 1.807) is 31.2 Å². The molecule has 1 aliphatic rings. The second-order valence-corrected chi connectivity index (χ2v) is 11.2. The van der Waals surface area contributed by atoms with Crippen molar-refractivity contribution in [3.8, 4) is 11.5 Å². The number of anilines is 1. The van der Waals surface area contributed by atoms with Crippen molar-refractivity contribution in [3.05, 3.63) is 137 Å². The van der Waals surface area contributed by atoms with E-state index in [-0.39, 0.29) is 35.3 Å². The third kappa shape index (κ3) is 6.15. The number of carbonyl (C=O) groups excluding carboxylic acids is 1. The van der Waals surface area contributed by atoms with Crippen LogP contribution in [-0.4, -0.2) is 26.6 Å². The molecule has 1 heterocycles. The van der Waals surface area contributed by atoms with Crippen LogP contribution >= 0.6 is 11.6 Å². The van der Waals surface area contributed by atoms with Gasteiger partial charge in [0.1, 0.15) is 10.6 Å². The molecule has 0 unspecified atom stereocenters. The molecular weight excluding hydrogens is 572 g/mol. The van der Waals surface area contributed by atoms with Gasteiger partial charge in [0.25, 0.3) is 5.91 Å². The molecule has 0 spiro atoms. The summed E-state index contributed by atoms with van der Waals surface area (Å²) in [6.07, 6.45) is 3.65. The third-order valence-corrected chi connectivity index (χ3v) is 7.84. The summed E-state index contributed by atoms with van der Waals surface area (Å²) in [5.41, 5.74) is 3.42. The summed E-state index contributed by atoms with van der Waals surface area (Å²) in [4.78, 5) is 13.7. The number of carbonyl (C=O) groups is 1. The van der Waals surface area contributed by atoms with E-state index in [0.717, 1.165) is 5.56 Å². The number of halogens is 1. The van der Waals surface area contributed by atoms with Crippen LogP contribution in [0.5, 0.6) is 11.5 Å². The number of allylic oxidation sites excluding steroid dienone is 1. The standard InChI is InChI=1S/C33H27ClN2O5S/c1-3-11-25-20-23(22-30(40-4-2)32(25)41-42(38,39)28-18-16-26(34)17-19-28)21-29-31(24-12-7-5-8-13-24)35-36(33(29)37)27-14-9-6-10-15-27/h3,5-10,12-22H,1,4,11H2,2H3/b29-21-. The Balaban J connectivity index is 1.61. The Morgan fingerprint density at radius 2 is 1.62 bits per heavy atom. The fraction of sp³-hybridized carbons (Fsp3) is 0.0909. The molecular formula is C33H27ClN2O5S. The molecule has 0 saturated heterocycles. The maximum absolute atomic E-state index is 13.7. The zero-order valence-corrected chi connectivity index (χ0v) is 24.3. The Morgan fingerprint density at radius 1 is 0.952 bits per heavy atom. The molecule has 9 heteroatoms. The summed E-state index contributed by atoms with van der Waals surface area (Å²) in [6.45, 7) is 5.86. The predicted octanol–water partition coefficient (Wildman–Crippen LogP) is 7.07. The van der Waals surface area contributed by atoms with E-state index >= 15 is 0 Å². The highest BCUT2D eigenvalue weighted by Gasteiger charge is 2.32. The van der Waals surface area contributed by atoms with Crippen LogP contribution in [0, 0.1) is 0 Å². The molecule has 4 aromatic carbocycles. The summed E-state index contributed by atoms with van der Waals surface area (Å²) in [6, 6.07) is 27.7. The Kier molecular flexibility index (Phi) is 8.56. The molecule has 0 bridgehead atoms. The molecule has 1 amide bonds. The first-order chi connectivity index (χ1) is 20.3. The molecule has 5 rings (SSSR count). The van der Waals surface area contributed by atoms with Crippen LogP contribution in [0.25, 0.3) is 6.08 Å². The van der Waals surface area contributed by atoms with E-state index in [1.807, 2.05) is 60.7 Å². The lowest BCUT2D eigenvalue weighted by Crippen LogP contribution is -2.21. The van der Waals surface area contributed by atoms with Crippen molar-refractivity contribution in [1.29, 1.82) is 0 Å². The van der Waals surface area contributed by atoms with Gasteiger partial charge in [-0.25, -0.2) is 0 Å².